The van der Waals surface area contributed by atoms with Crippen LogP contribution in [0.5, 0.6) is 0 Å². The van der Waals surface area contributed by atoms with Crippen molar-refractivity contribution in [3.63, 3.8) is 0 Å². The van der Waals surface area contributed by atoms with Crippen LogP contribution in [0.4, 0.5) is 11.4 Å². The third-order valence-electron chi connectivity index (χ3n) is 7.82. The molecule has 43 heavy (non-hydrogen) atoms. The summed E-state index contributed by atoms with van der Waals surface area (Å²) in [5.41, 5.74) is 7.94. The Balaban J connectivity index is 0.000000192. The number of hydrogen-bond acceptors (Lipinski definition) is 4. The van der Waals surface area contributed by atoms with Gasteiger partial charge in [0.15, 0.2) is 0 Å². The first-order valence-corrected chi connectivity index (χ1v) is 17.3. The SMILES string of the molecule is Cc1ccc(S(=O)(=O)[N-]c2cccc3c2CCCC3)cc1.Cc1ccc(S(=O)(=O)[N-]c2cccc3c2CCCC3)cc1.[Zn+2]. The van der Waals surface area contributed by atoms with Crippen molar-refractivity contribution in [1.29, 1.82) is 0 Å². The van der Waals surface area contributed by atoms with Crippen molar-refractivity contribution < 1.29 is 36.3 Å². The molecule has 0 radical (unpaired) electrons. The molecule has 0 N–H and O–H groups in total. The maximum atomic E-state index is 12.4. The molecule has 0 amide bonds. The van der Waals surface area contributed by atoms with Crippen LogP contribution in [0, 0.1) is 13.8 Å². The van der Waals surface area contributed by atoms with E-state index in [2.05, 4.69) is 21.6 Å². The third-order valence-corrected chi connectivity index (χ3v) is 10.4. The summed E-state index contributed by atoms with van der Waals surface area (Å²) in [4.78, 5) is 0.503. The van der Waals surface area contributed by atoms with Gasteiger partial charge in [-0.25, -0.2) is 16.8 Å². The first-order chi connectivity index (χ1) is 20.1. The van der Waals surface area contributed by atoms with Crippen molar-refractivity contribution in [2.24, 2.45) is 0 Å². The Morgan fingerprint density at radius 2 is 0.837 bits per heavy atom. The summed E-state index contributed by atoms with van der Waals surface area (Å²) in [6, 6.07) is 25.2. The zero-order valence-electron chi connectivity index (χ0n) is 24.8. The standard InChI is InChI=1S/2C17H18NO2S.Zn/c2*1-13-9-11-15(12-10-13)21(19,20)18-17-8-4-6-14-5-2-3-7-16(14)17;/h2*4,6,8-12H,2-3,5,7H2,1H3;/q2*-1;+2. The summed E-state index contributed by atoms with van der Waals surface area (Å²) < 4.78 is 57.9. The number of sulfonamides is 2. The van der Waals surface area contributed by atoms with E-state index in [9.17, 15) is 16.8 Å². The van der Waals surface area contributed by atoms with Crippen LogP contribution >= 0.6 is 0 Å². The van der Waals surface area contributed by atoms with E-state index < -0.39 is 20.0 Å². The van der Waals surface area contributed by atoms with E-state index in [1.807, 2.05) is 26.0 Å². The van der Waals surface area contributed by atoms with Gasteiger partial charge in [0.25, 0.3) is 0 Å². The van der Waals surface area contributed by atoms with E-state index in [0.717, 1.165) is 60.8 Å². The van der Waals surface area contributed by atoms with E-state index in [-0.39, 0.29) is 29.3 Å². The maximum absolute atomic E-state index is 12.4. The Morgan fingerprint density at radius 3 is 1.21 bits per heavy atom. The second-order valence-corrected chi connectivity index (χ2v) is 14.2. The summed E-state index contributed by atoms with van der Waals surface area (Å²) in [5, 5.41) is 0. The van der Waals surface area contributed by atoms with E-state index >= 15 is 0 Å². The van der Waals surface area contributed by atoms with Crippen LogP contribution in [0.25, 0.3) is 9.44 Å². The van der Waals surface area contributed by atoms with Crippen LogP contribution in [0.15, 0.2) is 94.7 Å². The Labute approximate surface area is 269 Å². The molecule has 4 aromatic carbocycles. The molecule has 4 aromatic rings. The second-order valence-electron chi connectivity index (χ2n) is 11.0. The summed E-state index contributed by atoms with van der Waals surface area (Å²) in [6.07, 6.45) is 8.40. The minimum atomic E-state index is -3.64. The van der Waals surface area contributed by atoms with Crippen molar-refractivity contribution in [3.8, 4) is 0 Å². The van der Waals surface area contributed by atoms with Crippen molar-refractivity contribution in [1.82, 2.24) is 0 Å². The molecule has 9 heteroatoms. The maximum Gasteiger partial charge on any atom is 2.00 e. The molecule has 0 saturated heterocycles. The van der Waals surface area contributed by atoms with E-state index in [1.54, 1.807) is 60.7 Å². The van der Waals surface area contributed by atoms with Gasteiger partial charge < -0.3 is 9.44 Å². The molecule has 6 nitrogen and oxygen atoms in total. The Bertz CT molecular complexity index is 1640. The van der Waals surface area contributed by atoms with Gasteiger partial charge in [0, 0.05) is 0 Å². The smallest absolute Gasteiger partial charge is 0.572 e. The molecule has 0 unspecified atom stereocenters. The van der Waals surface area contributed by atoms with Gasteiger partial charge in [-0.3, -0.25) is 0 Å². The van der Waals surface area contributed by atoms with Crippen LogP contribution in [-0.2, 0) is 65.2 Å². The topological polar surface area (TPSA) is 96.5 Å². The first-order valence-electron chi connectivity index (χ1n) is 14.4. The van der Waals surface area contributed by atoms with Gasteiger partial charge in [-0.05, 0) is 101 Å². The molecule has 0 atom stereocenters. The number of fused-ring (bicyclic) bond motifs is 2. The molecular formula is C34H36N2O4S2Zn. The Hall–Kier alpha value is -3.00. The summed E-state index contributed by atoms with van der Waals surface area (Å²) in [5.74, 6) is 0. The summed E-state index contributed by atoms with van der Waals surface area (Å²) in [7, 11) is -7.28. The van der Waals surface area contributed by atoms with Gasteiger partial charge in [-0.2, -0.15) is 0 Å². The Kier molecular flexibility index (Phi) is 10.9. The average Bonchev–Trinajstić information content (AvgIpc) is 2.98. The summed E-state index contributed by atoms with van der Waals surface area (Å²) in [6.45, 7) is 3.86. The van der Waals surface area contributed by atoms with Gasteiger partial charge in [-0.1, -0.05) is 82.9 Å². The minimum absolute atomic E-state index is 0. The zero-order valence-corrected chi connectivity index (χ0v) is 29.4. The summed E-state index contributed by atoms with van der Waals surface area (Å²) >= 11 is 0. The number of hydrogen-bond donors (Lipinski definition) is 0. The van der Waals surface area contributed by atoms with Gasteiger partial charge in [0.2, 0.25) is 0 Å². The van der Waals surface area contributed by atoms with E-state index in [4.69, 9.17) is 0 Å². The van der Waals surface area contributed by atoms with Crippen LogP contribution in [0.3, 0.4) is 0 Å². The fourth-order valence-corrected chi connectivity index (χ4v) is 7.51. The third kappa shape index (κ3) is 8.14. The predicted molar refractivity (Wildman–Crippen MR) is 169 cm³/mol. The van der Waals surface area contributed by atoms with Crippen LogP contribution in [-0.4, -0.2) is 16.8 Å². The molecule has 0 spiro atoms. The van der Waals surface area contributed by atoms with Gasteiger partial charge >= 0.3 is 19.5 Å². The van der Waals surface area contributed by atoms with Gasteiger partial charge in [0.1, 0.15) is 20.0 Å². The predicted octanol–water partition coefficient (Wildman–Crippen LogP) is 8.53. The zero-order chi connectivity index (χ0) is 29.7. The van der Waals surface area contributed by atoms with Crippen LogP contribution < -0.4 is 0 Å². The average molecular weight is 666 g/mol. The molecule has 0 bridgehead atoms. The van der Waals surface area contributed by atoms with Crippen LogP contribution in [0.1, 0.15) is 59.1 Å². The van der Waals surface area contributed by atoms with Crippen molar-refractivity contribution in [2.45, 2.75) is 75.0 Å². The fourth-order valence-electron chi connectivity index (χ4n) is 5.48. The van der Waals surface area contributed by atoms with Crippen LogP contribution in [0.2, 0.25) is 0 Å². The number of aryl methyl sites for hydroxylation is 4. The molecule has 0 aliphatic heterocycles. The van der Waals surface area contributed by atoms with Crippen molar-refractivity contribution >= 4 is 31.4 Å². The normalized spacial score (nSPS) is 14.2. The molecule has 0 fully saturated rings. The molecule has 6 rings (SSSR count). The number of nitrogens with zero attached hydrogens (tertiary/aromatic N) is 2. The quantitative estimate of drug-likeness (QED) is 0.193. The molecule has 2 aliphatic rings. The second kappa shape index (κ2) is 14.2. The minimum Gasteiger partial charge on any atom is -0.572 e. The number of benzene rings is 4. The molecular weight excluding hydrogens is 630 g/mol. The first kappa shape index (κ1) is 32.9. The van der Waals surface area contributed by atoms with Gasteiger partial charge in [-0.15, -0.1) is 11.4 Å². The number of rotatable bonds is 6. The molecule has 220 valence electrons. The largest absolute Gasteiger partial charge is 2.00 e. The van der Waals surface area contributed by atoms with E-state index in [0.29, 0.717) is 11.4 Å². The molecule has 0 heterocycles. The monoisotopic (exact) mass is 664 g/mol. The van der Waals surface area contributed by atoms with E-state index in [1.165, 1.54) is 24.0 Å². The van der Waals surface area contributed by atoms with Gasteiger partial charge in [0.05, 0.1) is 9.79 Å². The van der Waals surface area contributed by atoms with Crippen molar-refractivity contribution in [2.75, 3.05) is 0 Å². The fraction of sp³-hybridized carbons (Fsp3) is 0.294. The molecule has 0 aromatic heterocycles. The van der Waals surface area contributed by atoms with Crippen molar-refractivity contribution in [3.05, 3.63) is 128 Å². The molecule has 0 saturated carbocycles. The molecule has 2 aliphatic carbocycles. The Morgan fingerprint density at radius 1 is 0.488 bits per heavy atom.